The molecule has 0 fully saturated rings. The van der Waals surface area contributed by atoms with Crippen molar-refractivity contribution < 1.29 is 18.0 Å². The normalized spacial score (nSPS) is 11.8. The lowest BCUT2D eigenvalue weighted by Crippen LogP contribution is -2.05. The summed E-state index contributed by atoms with van der Waals surface area (Å²) in [6.45, 7) is -0.00323. The standard InChI is InChI=1S/C11H10F3N3OS/c1-19-17-9-3-2-7(11(12,13)14)6-8(9)10(16-17)15-4-5-18/h2-3,5-6H,4H2,1H3,(H,15,16). The van der Waals surface area contributed by atoms with Gasteiger partial charge in [0.2, 0.25) is 0 Å². The molecule has 1 heterocycles. The van der Waals surface area contributed by atoms with Crippen LogP contribution < -0.4 is 5.32 Å². The van der Waals surface area contributed by atoms with Gasteiger partial charge in [-0.05, 0) is 30.1 Å². The first kappa shape index (κ1) is 13.7. The number of anilines is 1. The molecule has 0 amide bonds. The number of hydrogen-bond acceptors (Lipinski definition) is 4. The maximum atomic E-state index is 12.7. The van der Waals surface area contributed by atoms with Gasteiger partial charge in [-0.3, -0.25) is 0 Å². The number of halogens is 3. The molecule has 8 heteroatoms. The highest BCUT2D eigenvalue weighted by Gasteiger charge is 2.31. The highest BCUT2D eigenvalue weighted by atomic mass is 32.2. The Morgan fingerprint density at radius 2 is 2.21 bits per heavy atom. The summed E-state index contributed by atoms with van der Waals surface area (Å²) in [5.41, 5.74) is -0.177. The molecule has 1 aromatic heterocycles. The van der Waals surface area contributed by atoms with Gasteiger partial charge in [-0.25, -0.2) is 4.09 Å². The largest absolute Gasteiger partial charge is 0.416 e. The zero-order chi connectivity index (χ0) is 14.0. The van der Waals surface area contributed by atoms with Crippen molar-refractivity contribution in [3.63, 3.8) is 0 Å². The third-order valence-electron chi connectivity index (χ3n) is 2.50. The molecular weight excluding hydrogens is 279 g/mol. The topological polar surface area (TPSA) is 46.9 Å². The van der Waals surface area contributed by atoms with Gasteiger partial charge in [0.25, 0.3) is 0 Å². The van der Waals surface area contributed by atoms with Crippen molar-refractivity contribution in [1.82, 2.24) is 9.19 Å². The van der Waals surface area contributed by atoms with Gasteiger partial charge in [0.05, 0.1) is 17.6 Å². The number of nitrogens with one attached hydrogen (secondary N) is 1. The van der Waals surface area contributed by atoms with E-state index in [0.29, 0.717) is 17.2 Å². The predicted octanol–water partition coefficient (Wildman–Crippen LogP) is 2.79. The first-order valence-corrected chi connectivity index (χ1v) is 6.47. The van der Waals surface area contributed by atoms with Crippen molar-refractivity contribution in [2.45, 2.75) is 6.18 Å². The zero-order valence-electron chi connectivity index (χ0n) is 9.86. The van der Waals surface area contributed by atoms with Crippen molar-refractivity contribution in [2.75, 3.05) is 18.1 Å². The number of benzene rings is 1. The number of aldehydes is 1. The highest BCUT2D eigenvalue weighted by molar-refractivity contribution is 7.97. The molecule has 0 saturated carbocycles. The minimum atomic E-state index is -4.41. The Labute approximate surface area is 111 Å². The van der Waals surface area contributed by atoms with Crippen LogP contribution in [0.3, 0.4) is 0 Å². The van der Waals surface area contributed by atoms with Crippen LogP contribution in [0.1, 0.15) is 5.56 Å². The Morgan fingerprint density at radius 3 is 2.79 bits per heavy atom. The second-order valence-electron chi connectivity index (χ2n) is 3.68. The van der Waals surface area contributed by atoms with Crippen LogP contribution in [0.5, 0.6) is 0 Å². The summed E-state index contributed by atoms with van der Waals surface area (Å²) in [4.78, 5) is 10.3. The fourth-order valence-electron chi connectivity index (χ4n) is 1.68. The summed E-state index contributed by atoms with van der Waals surface area (Å²) in [6, 6.07) is 3.41. The lowest BCUT2D eigenvalue weighted by molar-refractivity contribution is -0.137. The summed E-state index contributed by atoms with van der Waals surface area (Å²) >= 11 is 1.26. The molecule has 2 rings (SSSR count). The van der Waals surface area contributed by atoms with Crippen molar-refractivity contribution in [2.24, 2.45) is 0 Å². The maximum Gasteiger partial charge on any atom is 0.416 e. The van der Waals surface area contributed by atoms with Gasteiger partial charge < -0.3 is 10.1 Å². The minimum absolute atomic E-state index is 0.00323. The molecule has 2 aromatic rings. The van der Waals surface area contributed by atoms with E-state index in [0.717, 1.165) is 12.1 Å². The Hall–Kier alpha value is -1.70. The number of hydrogen-bond donors (Lipinski definition) is 1. The average molecular weight is 289 g/mol. The summed E-state index contributed by atoms with van der Waals surface area (Å²) in [7, 11) is 0. The van der Waals surface area contributed by atoms with Crippen molar-refractivity contribution >= 4 is 35.0 Å². The molecule has 0 aliphatic carbocycles. The van der Waals surface area contributed by atoms with E-state index in [-0.39, 0.29) is 12.4 Å². The van der Waals surface area contributed by atoms with E-state index in [1.807, 2.05) is 0 Å². The predicted molar refractivity (Wildman–Crippen MR) is 68.2 cm³/mol. The van der Waals surface area contributed by atoms with Gasteiger partial charge in [-0.1, -0.05) is 0 Å². The van der Waals surface area contributed by atoms with Crippen LogP contribution in [0, 0.1) is 0 Å². The van der Waals surface area contributed by atoms with E-state index in [4.69, 9.17) is 0 Å². The Kier molecular flexibility index (Phi) is 3.70. The van der Waals surface area contributed by atoms with Crippen LogP contribution in [0.4, 0.5) is 19.0 Å². The van der Waals surface area contributed by atoms with Crippen LogP contribution >= 0.6 is 11.9 Å². The lowest BCUT2D eigenvalue weighted by atomic mass is 10.1. The number of fused-ring (bicyclic) bond motifs is 1. The second-order valence-corrected chi connectivity index (χ2v) is 4.39. The van der Waals surface area contributed by atoms with E-state index in [9.17, 15) is 18.0 Å². The zero-order valence-corrected chi connectivity index (χ0v) is 10.7. The summed E-state index contributed by atoms with van der Waals surface area (Å²) in [5, 5.41) is 7.14. The van der Waals surface area contributed by atoms with Gasteiger partial charge in [0, 0.05) is 11.6 Å². The lowest BCUT2D eigenvalue weighted by Gasteiger charge is -2.06. The number of aromatic nitrogens is 2. The molecule has 19 heavy (non-hydrogen) atoms. The summed E-state index contributed by atoms with van der Waals surface area (Å²) in [6.07, 6.45) is -2.03. The third-order valence-corrected chi connectivity index (χ3v) is 3.13. The van der Waals surface area contributed by atoms with Gasteiger partial charge in [-0.15, -0.1) is 5.10 Å². The molecule has 0 radical (unpaired) electrons. The summed E-state index contributed by atoms with van der Waals surface area (Å²) in [5.74, 6) is 0.266. The van der Waals surface area contributed by atoms with Crippen molar-refractivity contribution in [3.8, 4) is 0 Å². The second kappa shape index (κ2) is 5.12. The van der Waals surface area contributed by atoms with E-state index in [2.05, 4.69) is 10.4 Å². The van der Waals surface area contributed by atoms with Crippen LogP contribution in [0.2, 0.25) is 0 Å². The number of nitrogens with zero attached hydrogens (tertiary/aromatic N) is 2. The molecule has 0 aliphatic rings. The van der Waals surface area contributed by atoms with Crippen LogP contribution in [-0.2, 0) is 11.0 Å². The molecule has 0 spiro atoms. The molecule has 4 nitrogen and oxygen atoms in total. The van der Waals surface area contributed by atoms with Crippen LogP contribution in [0.25, 0.3) is 10.9 Å². The highest BCUT2D eigenvalue weighted by Crippen LogP contribution is 2.34. The Balaban J connectivity index is 2.57. The molecule has 0 aliphatic heterocycles. The van der Waals surface area contributed by atoms with E-state index in [1.165, 1.54) is 22.1 Å². The van der Waals surface area contributed by atoms with Crippen LogP contribution in [-0.4, -0.2) is 28.3 Å². The molecule has 102 valence electrons. The fourth-order valence-corrected chi connectivity index (χ4v) is 2.19. The monoisotopic (exact) mass is 289 g/mol. The maximum absolute atomic E-state index is 12.7. The molecule has 1 N–H and O–H groups in total. The third kappa shape index (κ3) is 2.67. The molecule has 1 aromatic carbocycles. The fraction of sp³-hybridized carbons (Fsp3) is 0.273. The first-order chi connectivity index (χ1) is 8.97. The van der Waals surface area contributed by atoms with Gasteiger partial charge in [0.15, 0.2) is 5.82 Å². The SMILES string of the molecule is CSn1nc(NCC=O)c2cc(C(F)(F)F)ccc21. The number of rotatable bonds is 4. The number of carbonyl (C=O) groups excluding carboxylic acids is 1. The smallest absolute Gasteiger partial charge is 0.361 e. The first-order valence-electron chi connectivity index (χ1n) is 5.29. The van der Waals surface area contributed by atoms with E-state index in [1.54, 1.807) is 6.26 Å². The van der Waals surface area contributed by atoms with E-state index >= 15 is 0 Å². The quantitative estimate of drug-likeness (QED) is 0.879. The van der Waals surface area contributed by atoms with Gasteiger partial charge in [-0.2, -0.15) is 13.2 Å². The number of alkyl halides is 3. The molecular formula is C11H10F3N3OS. The van der Waals surface area contributed by atoms with Crippen molar-refractivity contribution in [1.29, 1.82) is 0 Å². The van der Waals surface area contributed by atoms with E-state index < -0.39 is 11.7 Å². The molecule has 0 saturated heterocycles. The van der Waals surface area contributed by atoms with Crippen LogP contribution in [0.15, 0.2) is 18.2 Å². The molecule has 0 atom stereocenters. The Bertz CT molecular complexity index is 609. The molecule has 0 bridgehead atoms. The van der Waals surface area contributed by atoms with Gasteiger partial charge in [0.1, 0.15) is 6.29 Å². The Morgan fingerprint density at radius 1 is 1.47 bits per heavy atom. The molecule has 0 unspecified atom stereocenters. The average Bonchev–Trinajstić information content (AvgIpc) is 2.72. The van der Waals surface area contributed by atoms with Crippen molar-refractivity contribution in [3.05, 3.63) is 23.8 Å². The summed E-state index contributed by atoms with van der Waals surface area (Å²) < 4.78 is 39.5. The number of carbonyl (C=O) groups is 1. The van der Waals surface area contributed by atoms with Gasteiger partial charge >= 0.3 is 6.18 Å². The minimum Gasteiger partial charge on any atom is -0.361 e.